The molecule has 0 aliphatic carbocycles. The van der Waals surface area contributed by atoms with Gasteiger partial charge >= 0.3 is 0 Å². The van der Waals surface area contributed by atoms with Crippen molar-refractivity contribution in [3.8, 4) is 27.9 Å². The molecule has 0 saturated carbocycles. The van der Waals surface area contributed by atoms with E-state index in [4.69, 9.17) is 8.83 Å². The molecule has 0 radical (unpaired) electrons. The molecular formula is C42H25NO2. The molecule has 3 nitrogen and oxygen atoms in total. The third-order valence-corrected chi connectivity index (χ3v) is 9.20. The fraction of sp³-hybridized carbons (Fsp3) is 0. The van der Waals surface area contributed by atoms with Crippen LogP contribution < -0.4 is 0 Å². The molecule has 0 atom stereocenters. The molecule has 3 heterocycles. The van der Waals surface area contributed by atoms with E-state index in [0.29, 0.717) is 0 Å². The van der Waals surface area contributed by atoms with E-state index in [1.165, 1.54) is 16.2 Å². The molecule has 3 heteroatoms. The summed E-state index contributed by atoms with van der Waals surface area (Å²) in [5.74, 6) is 0. The fourth-order valence-electron chi connectivity index (χ4n) is 7.07. The minimum Gasteiger partial charge on any atom is -0.456 e. The van der Waals surface area contributed by atoms with Crippen LogP contribution in [-0.4, -0.2) is 4.57 Å². The molecule has 45 heavy (non-hydrogen) atoms. The number of hydrogen-bond donors (Lipinski definition) is 0. The second kappa shape index (κ2) is 9.22. The van der Waals surface area contributed by atoms with Gasteiger partial charge in [0, 0.05) is 27.2 Å². The van der Waals surface area contributed by atoms with Gasteiger partial charge in [-0.05, 0) is 87.6 Å². The van der Waals surface area contributed by atoms with E-state index in [-0.39, 0.29) is 0 Å². The summed E-state index contributed by atoms with van der Waals surface area (Å²) in [6.45, 7) is 0. The van der Waals surface area contributed by atoms with Gasteiger partial charge in [0.2, 0.25) is 0 Å². The summed E-state index contributed by atoms with van der Waals surface area (Å²) in [6.07, 6.45) is 0. The highest BCUT2D eigenvalue weighted by Crippen LogP contribution is 2.41. The summed E-state index contributed by atoms with van der Waals surface area (Å²) < 4.78 is 15.2. The van der Waals surface area contributed by atoms with Crippen LogP contribution in [0.25, 0.3) is 93.6 Å². The standard InChI is InChI=1S/C42H25NO2/c1-2-9-31(10-3-1)43-36-13-7-6-12-33(36)42-41(43)35-22-19-30(25-39(35)45-42)27-16-14-26(15-17-27)29-18-21-34-38(24-29)44-37-23-20-28-8-4-5-11-32(28)40(34)37/h1-25H. The molecule has 3 aromatic heterocycles. The SMILES string of the molecule is c1ccc(-n2c3ccccc3c3oc4cc(-c5ccc(-c6ccc7c(c6)oc6ccc8ccccc8c67)cc5)ccc4c32)cc1. The summed E-state index contributed by atoms with van der Waals surface area (Å²) in [6, 6.07) is 53.5. The Kier molecular flexibility index (Phi) is 5.00. The Labute approximate surface area is 258 Å². The molecule has 0 aliphatic heterocycles. The van der Waals surface area contributed by atoms with Crippen LogP contribution in [0.5, 0.6) is 0 Å². The van der Waals surface area contributed by atoms with Gasteiger partial charge in [-0.1, -0.05) is 97.1 Å². The summed E-state index contributed by atoms with van der Waals surface area (Å²) in [4.78, 5) is 0. The lowest BCUT2D eigenvalue weighted by Crippen LogP contribution is -1.92. The van der Waals surface area contributed by atoms with Crippen LogP contribution in [0.3, 0.4) is 0 Å². The number of para-hydroxylation sites is 2. The molecule has 0 N–H and O–H groups in total. The largest absolute Gasteiger partial charge is 0.456 e. The zero-order valence-electron chi connectivity index (χ0n) is 24.2. The first kappa shape index (κ1) is 24.4. The molecule has 10 rings (SSSR count). The number of hydrogen-bond acceptors (Lipinski definition) is 2. The highest BCUT2D eigenvalue weighted by atomic mass is 16.3. The number of aromatic nitrogens is 1. The molecule has 0 bridgehead atoms. The van der Waals surface area contributed by atoms with Gasteiger partial charge in [0.05, 0.1) is 5.52 Å². The third-order valence-electron chi connectivity index (χ3n) is 9.20. The van der Waals surface area contributed by atoms with Gasteiger partial charge in [0.15, 0.2) is 5.58 Å². The monoisotopic (exact) mass is 575 g/mol. The zero-order valence-corrected chi connectivity index (χ0v) is 24.2. The minimum atomic E-state index is 0.889. The van der Waals surface area contributed by atoms with Crippen LogP contribution in [0.1, 0.15) is 0 Å². The van der Waals surface area contributed by atoms with Gasteiger partial charge in [0.1, 0.15) is 22.3 Å². The Hall–Kier alpha value is -6.06. The van der Waals surface area contributed by atoms with E-state index in [1.54, 1.807) is 0 Å². The fourth-order valence-corrected chi connectivity index (χ4v) is 7.07. The lowest BCUT2D eigenvalue weighted by molar-refractivity contribution is 0.669. The zero-order chi connectivity index (χ0) is 29.5. The predicted octanol–water partition coefficient (Wildman–Crippen LogP) is 11.9. The summed E-state index contributed by atoms with van der Waals surface area (Å²) in [7, 11) is 0. The Balaban J connectivity index is 1.05. The quantitative estimate of drug-likeness (QED) is 0.210. The van der Waals surface area contributed by atoms with Gasteiger partial charge in [-0.2, -0.15) is 0 Å². The number of fused-ring (bicyclic) bond motifs is 10. The first-order valence-electron chi connectivity index (χ1n) is 15.3. The average molecular weight is 576 g/mol. The van der Waals surface area contributed by atoms with Crippen LogP contribution >= 0.6 is 0 Å². The highest BCUT2D eigenvalue weighted by molar-refractivity contribution is 6.19. The summed E-state index contributed by atoms with van der Waals surface area (Å²) >= 11 is 0. The molecule has 0 saturated heterocycles. The first-order valence-corrected chi connectivity index (χ1v) is 15.3. The van der Waals surface area contributed by atoms with Crippen molar-refractivity contribution in [2.75, 3.05) is 0 Å². The number of rotatable bonds is 3. The highest BCUT2D eigenvalue weighted by Gasteiger charge is 2.19. The van der Waals surface area contributed by atoms with Crippen LogP contribution in [0.15, 0.2) is 160 Å². The van der Waals surface area contributed by atoms with E-state index < -0.39 is 0 Å². The van der Waals surface area contributed by atoms with Gasteiger partial charge < -0.3 is 13.4 Å². The van der Waals surface area contributed by atoms with Crippen molar-refractivity contribution in [1.82, 2.24) is 4.57 Å². The number of benzene rings is 7. The Morgan fingerprint density at radius 2 is 1.02 bits per heavy atom. The van der Waals surface area contributed by atoms with Crippen LogP contribution in [0.2, 0.25) is 0 Å². The van der Waals surface area contributed by atoms with Crippen molar-refractivity contribution in [1.29, 1.82) is 0 Å². The maximum atomic E-state index is 6.58. The van der Waals surface area contributed by atoms with Crippen LogP contribution in [0.4, 0.5) is 0 Å². The normalized spacial score (nSPS) is 12.0. The summed E-state index contributed by atoms with van der Waals surface area (Å²) in [5.41, 5.74) is 11.6. The molecule has 7 aromatic carbocycles. The second-order valence-corrected chi connectivity index (χ2v) is 11.7. The van der Waals surface area contributed by atoms with Crippen LogP contribution in [0, 0.1) is 0 Å². The Morgan fingerprint density at radius 1 is 0.400 bits per heavy atom. The molecule has 210 valence electrons. The van der Waals surface area contributed by atoms with Gasteiger partial charge in [0.25, 0.3) is 0 Å². The van der Waals surface area contributed by atoms with E-state index in [9.17, 15) is 0 Å². The molecule has 0 aliphatic rings. The van der Waals surface area contributed by atoms with E-state index in [0.717, 1.165) is 77.5 Å². The maximum absolute atomic E-state index is 6.58. The topological polar surface area (TPSA) is 31.2 Å². The second-order valence-electron chi connectivity index (χ2n) is 11.7. The molecule has 10 aromatic rings. The van der Waals surface area contributed by atoms with E-state index in [2.05, 4.69) is 156 Å². The minimum absolute atomic E-state index is 0.889. The van der Waals surface area contributed by atoms with Gasteiger partial charge in [-0.3, -0.25) is 0 Å². The van der Waals surface area contributed by atoms with Crippen molar-refractivity contribution >= 4 is 65.7 Å². The van der Waals surface area contributed by atoms with Crippen molar-refractivity contribution in [2.45, 2.75) is 0 Å². The Bertz CT molecular complexity index is 2740. The summed E-state index contributed by atoms with van der Waals surface area (Å²) in [5, 5.41) is 7.00. The molecule has 0 spiro atoms. The van der Waals surface area contributed by atoms with Gasteiger partial charge in [-0.15, -0.1) is 0 Å². The Morgan fingerprint density at radius 3 is 1.80 bits per heavy atom. The molecule has 0 unspecified atom stereocenters. The smallest absolute Gasteiger partial charge is 0.161 e. The molecular weight excluding hydrogens is 550 g/mol. The van der Waals surface area contributed by atoms with Crippen molar-refractivity contribution in [3.63, 3.8) is 0 Å². The van der Waals surface area contributed by atoms with Crippen LogP contribution in [-0.2, 0) is 0 Å². The third kappa shape index (κ3) is 3.58. The number of nitrogens with zero attached hydrogens (tertiary/aromatic N) is 1. The van der Waals surface area contributed by atoms with E-state index >= 15 is 0 Å². The van der Waals surface area contributed by atoms with Crippen molar-refractivity contribution in [2.24, 2.45) is 0 Å². The molecule has 0 fully saturated rings. The predicted molar refractivity (Wildman–Crippen MR) is 186 cm³/mol. The number of furan rings is 2. The molecule has 0 amide bonds. The van der Waals surface area contributed by atoms with E-state index in [1.807, 2.05) is 0 Å². The first-order chi connectivity index (χ1) is 22.3. The lowest BCUT2D eigenvalue weighted by atomic mass is 9.98. The average Bonchev–Trinajstić information content (AvgIpc) is 3.77. The van der Waals surface area contributed by atoms with Crippen molar-refractivity contribution in [3.05, 3.63) is 152 Å². The van der Waals surface area contributed by atoms with Gasteiger partial charge in [-0.25, -0.2) is 0 Å². The lowest BCUT2D eigenvalue weighted by Gasteiger charge is -2.08. The maximum Gasteiger partial charge on any atom is 0.161 e. The van der Waals surface area contributed by atoms with Crippen molar-refractivity contribution < 1.29 is 8.83 Å².